The van der Waals surface area contributed by atoms with Gasteiger partial charge in [-0.25, -0.2) is 0 Å². The van der Waals surface area contributed by atoms with E-state index in [0.717, 1.165) is 59.5 Å². The van der Waals surface area contributed by atoms with Gasteiger partial charge in [0, 0.05) is 17.1 Å². The minimum absolute atomic E-state index is 0.106. The van der Waals surface area contributed by atoms with E-state index < -0.39 is 11.7 Å². The van der Waals surface area contributed by atoms with Gasteiger partial charge in [-0.3, -0.25) is 4.79 Å². The van der Waals surface area contributed by atoms with E-state index in [-0.39, 0.29) is 17.9 Å². The first kappa shape index (κ1) is 19.2. The van der Waals surface area contributed by atoms with E-state index in [2.05, 4.69) is 10.3 Å². The number of aromatic nitrogens is 1. The lowest BCUT2D eigenvalue weighted by molar-refractivity contribution is -0.158. The summed E-state index contributed by atoms with van der Waals surface area (Å²) in [6.45, 7) is 0.539. The lowest BCUT2D eigenvalue weighted by atomic mass is 9.44. The van der Waals surface area contributed by atoms with Crippen LogP contribution in [-0.4, -0.2) is 10.9 Å². The first-order chi connectivity index (χ1) is 14.3. The molecular formula is C23H21F3N2O2. The first-order valence-corrected chi connectivity index (χ1v) is 9.98. The molecule has 156 valence electrons. The van der Waals surface area contributed by atoms with Crippen LogP contribution in [0.5, 0.6) is 0 Å². The topological polar surface area (TPSA) is 54.1 Å². The van der Waals surface area contributed by atoms with Crippen LogP contribution in [0.2, 0.25) is 0 Å². The summed E-state index contributed by atoms with van der Waals surface area (Å²) in [5.74, 6) is 0.849. The largest absolute Gasteiger partial charge is 0.416 e. The van der Waals surface area contributed by atoms with E-state index in [4.69, 9.17) is 4.74 Å². The Bertz CT molecular complexity index is 1080. The first-order valence-electron chi connectivity index (χ1n) is 9.98. The van der Waals surface area contributed by atoms with Gasteiger partial charge in [-0.05, 0) is 60.6 Å². The van der Waals surface area contributed by atoms with Gasteiger partial charge in [0.05, 0.1) is 29.9 Å². The molecule has 1 aromatic heterocycles. The average Bonchev–Trinajstić information content (AvgIpc) is 3.01. The lowest BCUT2D eigenvalue weighted by Crippen LogP contribution is -2.58. The van der Waals surface area contributed by atoms with Crippen molar-refractivity contribution < 1.29 is 22.7 Å². The van der Waals surface area contributed by atoms with Crippen molar-refractivity contribution in [2.45, 2.75) is 38.7 Å². The monoisotopic (exact) mass is 414 g/mol. The minimum Gasteiger partial charge on any atom is -0.372 e. The zero-order chi connectivity index (χ0) is 20.9. The molecule has 0 aliphatic heterocycles. The van der Waals surface area contributed by atoms with Crippen molar-refractivity contribution in [2.75, 3.05) is 5.32 Å². The maximum Gasteiger partial charge on any atom is 0.416 e. The number of anilines is 1. The molecule has 30 heavy (non-hydrogen) atoms. The van der Waals surface area contributed by atoms with Crippen LogP contribution in [0.3, 0.4) is 0 Å². The van der Waals surface area contributed by atoms with Gasteiger partial charge < -0.3 is 15.0 Å². The molecule has 3 fully saturated rings. The molecule has 3 aromatic rings. The summed E-state index contributed by atoms with van der Waals surface area (Å²) in [7, 11) is 0. The maximum atomic E-state index is 12.6. The molecule has 3 aliphatic carbocycles. The molecule has 2 N–H and O–H groups in total. The summed E-state index contributed by atoms with van der Waals surface area (Å²) < 4.78 is 43.6. The number of H-pyrrole nitrogens is 1. The summed E-state index contributed by atoms with van der Waals surface area (Å²) in [5, 5.41) is 3.99. The molecule has 1 amide bonds. The van der Waals surface area contributed by atoms with E-state index in [1.165, 1.54) is 12.1 Å². The van der Waals surface area contributed by atoms with Crippen LogP contribution >= 0.6 is 0 Å². The highest BCUT2D eigenvalue weighted by Gasteiger charge is 2.61. The number of ether oxygens (including phenoxy) is 1. The highest BCUT2D eigenvalue weighted by molar-refractivity contribution is 6.04. The second kappa shape index (κ2) is 6.87. The van der Waals surface area contributed by atoms with Crippen LogP contribution in [0.4, 0.5) is 18.9 Å². The van der Waals surface area contributed by atoms with E-state index in [0.29, 0.717) is 12.2 Å². The molecule has 3 saturated carbocycles. The van der Waals surface area contributed by atoms with Gasteiger partial charge in [0.2, 0.25) is 5.91 Å². The SMILES string of the molecule is O=C(Nc1c[nH]c2ccc(COCc3ccc(C(F)(F)F)cc3)cc12)C12CC(C1)C2. The molecule has 1 heterocycles. The molecule has 3 aliphatic rings. The number of rotatable bonds is 6. The molecule has 0 unspecified atom stereocenters. The van der Waals surface area contributed by atoms with Crippen LogP contribution in [0.15, 0.2) is 48.7 Å². The number of nitrogens with one attached hydrogen (secondary N) is 2. The third kappa shape index (κ3) is 3.37. The Labute approximate surface area is 171 Å². The quantitative estimate of drug-likeness (QED) is 0.548. The molecular weight excluding hydrogens is 393 g/mol. The van der Waals surface area contributed by atoms with Gasteiger partial charge in [-0.15, -0.1) is 0 Å². The summed E-state index contributed by atoms with van der Waals surface area (Å²) >= 11 is 0. The molecule has 7 heteroatoms. The lowest BCUT2D eigenvalue weighted by Gasteiger charge is -2.60. The van der Waals surface area contributed by atoms with E-state index >= 15 is 0 Å². The number of fused-ring (bicyclic) bond motifs is 1. The number of hydrogen-bond donors (Lipinski definition) is 2. The van der Waals surface area contributed by atoms with Crippen molar-refractivity contribution in [3.05, 3.63) is 65.4 Å². The van der Waals surface area contributed by atoms with Crippen molar-refractivity contribution in [3.8, 4) is 0 Å². The molecule has 0 radical (unpaired) electrons. The Kier molecular flexibility index (Phi) is 4.39. The Morgan fingerprint density at radius 3 is 2.37 bits per heavy atom. The number of carbonyl (C=O) groups is 1. The van der Waals surface area contributed by atoms with Crippen molar-refractivity contribution in [1.29, 1.82) is 0 Å². The smallest absolute Gasteiger partial charge is 0.372 e. The van der Waals surface area contributed by atoms with Crippen LogP contribution in [0.25, 0.3) is 10.9 Å². The molecule has 0 saturated heterocycles. The van der Waals surface area contributed by atoms with E-state index in [1.807, 2.05) is 18.2 Å². The van der Waals surface area contributed by atoms with Gasteiger partial charge in [0.15, 0.2) is 0 Å². The predicted octanol–water partition coefficient (Wildman–Crippen LogP) is 5.64. The summed E-state index contributed by atoms with van der Waals surface area (Å²) in [6.07, 6.45) is 0.483. The van der Waals surface area contributed by atoms with Gasteiger partial charge in [-0.2, -0.15) is 13.2 Å². The van der Waals surface area contributed by atoms with Crippen LogP contribution in [0, 0.1) is 11.3 Å². The van der Waals surface area contributed by atoms with Crippen LogP contribution < -0.4 is 5.32 Å². The predicted molar refractivity (Wildman–Crippen MR) is 107 cm³/mol. The van der Waals surface area contributed by atoms with Crippen LogP contribution in [0.1, 0.15) is 36.0 Å². The fourth-order valence-corrected chi connectivity index (χ4v) is 4.45. The number of halogens is 3. The number of alkyl halides is 3. The fraction of sp³-hybridized carbons (Fsp3) is 0.348. The Balaban J connectivity index is 1.22. The van der Waals surface area contributed by atoms with Gasteiger partial charge in [-0.1, -0.05) is 18.2 Å². The third-order valence-corrected chi connectivity index (χ3v) is 6.33. The second-order valence-electron chi connectivity index (χ2n) is 8.48. The number of benzene rings is 2. The highest BCUT2D eigenvalue weighted by atomic mass is 19.4. The maximum absolute atomic E-state index is 12.6. The summed E-state index contributed by atoms with van der Waals surface area (Å²) in [4.78, 5) is 15.7. The fourth-order valence-electron chi connectivity index (χ4n) is 4.45. The number of carbonyl (C=O) groups excluding carboxylic acids is 1. The zero-order valence-corrected chi connectivity index (χ0v) is 16.2. The molecule has 4 nitrogen and oxygen atoms in total. The average molecular weight is 414 g/mol. The zero-order valence-electron chi connectivity index (χ0n) is 16.2. The van der Waals surface area contributed by atoms with Gasteiger partial charge >= 0.3 is 6.18 Å². The van der Waals surface area contributed by atoms with Crippen molar-refractivity contribution >= 4 is 22.5 Å². The summed E-state index contributed by atoms with van der Waals surface area (Å²) in [5.41, 5.74) is 2.49. The summed E-state index contributed by atoms with van der Waals surface area (Å²) in [6, 6.07) is 10.8. The second-order valence-corrected chi connectivity index (χ2v) is 8.48. The highest BCUT2D eigenvalue weighted by Crippen LogP contribution is 2.64. The van der Waals surface area contributed by atoms with Crippen molar-refractivity contribution in [2.24, 2.45) is 11.3 Å². The Morgan fingerprint density at radius 1 is 1.07 bits per heavy atom. The third-order valence-electron chi connectivity index (χ3n) is 6.33. The van der Waals surface area contributed by atoms with Gasteiger partial charge in [0.25, 0.3) is 0 Å². The Morgan fingerprint density at radius 2 is 1.73 bits per heavy atom. The molecule has 2 bridgehead atoms. The molecule has 6 rings (SSSR count). The van der Waals surface area contributed by atoms with Crippen molar-refractivity contribution in [3.63, 3.8) is 0 Å². The minimum atomic E-state index is -4.34. The standard InChI is InChI=1S/C23H21F3N2O2/c24-23(25,26)17-4-1-14(2-5-17)12-30-13-15-3-6-19-18(7-15)20(11-27-19)28-21(29)22-8-16(9-22)10-22/h1-7,11,16,27H,8-10,12-13H2,(H,28,29). The normalized spacial score (nSPS) is 22.4. The number of amides is 1. The van der Waals surface area contributed by atoms with Crippen LogP contribution in [-0.2, 0) is 28.9 Å². The molecule has 0 spiro atoms. The van der Waals surface area contributed by atoms with Gasteiger partial charge in [0.1, 0.15) is 0 Å². The van der Waals surface area contributed by atoms with Crippen molar-refractivity contribution in [1.82, 2.24) is 4.98 Å². The molecule has 0 atom stereocenters. The van der Waals surface area contributed by atoms with E-state index in [1.54, 1.807) is 6.20 Å². The number of hydrogen-bond acceptors (Lipinski definition) is 2. The van der Waals surface area contributed by atoms with E-state index in [9.17, 15) is 18.0 Å². The Hall–Kier alpha value is -2.80. The molecule has 2 aromatic carbocycles. The number of aromatic amines is 1.